The van der Waals surface area contributed by atoms with E-state index in [2.05, 4.69) is 0 Å². The van der Waals surface area contributed by atoms with E-state index in [1.54, 1.807) is 0 Å². The molecule has 50 valence electrons. The van der Waals surface area contributed by atoms with Crippen LogP contribution in [0.3, 0.4) is 0 Å². The Morgan fingerprint density at radius 2 is 0.714 bits per heavy atom. The first-order valence-electron chi connectivity index (χ1n) is 0.548. The summed E-state index contributed by atoms with van der Waals surface area (Å²) in [7, 11) is 0. The van der Waals surface area contributed by atoms with Gasteiger partial charge in [0, 0.05) is 0 Å². The van der Waals surface area contributed by atoms with Gasteiger partial charge in [0.05, 0.1) is 0 Å². The second-order valence-corrected chi connectivity index (χ2v) is 1.50. The van der Waals surface area contributed by atoms with Gasteiger partial charge in [-0.15, -0.1) is 0 Å². The van der Waals surface area contributed by atoms with Gasteiger partial charge >= 0.3 is 31.6 Å². The van der Waals surface area contributed by atoms with E-state index >= 15 is 0 Å². The van der Waals surface area contributed by atoms with Crippen LogP contribution in [0.25, 0.3) is 0 Å². The fraction of sp³-hybridized carbons (Fsp3) is 0. The Hall–Kier alpha value is 0.578. The van der Waals surface area contributed by atoms with E-state index in [1.165, 1.54) is 0 Å². The van der Waals surface area contributed by atoms with Gasteiger partial charge in [0.25, 0.3) is 0 Å². The summed E-state index contributed by atoms with van der Waals surface area (Å²) in [5, 5.41) is 0. The molecule has 0 saturated carbocycles. The minimum absolute atomic E-state index is 0. The number of quaternary nitrogens is 3. The molecule has 0 radical (unpaired) electrons. The van der Waals surface area contributed by atoms with Gasteiger partial charge in [-0.1, -0.05) is 0 Å². The molecule has 0 fully saturated rings. The second-order valence-electron chi connectivity index (χ2n) is 0.224. The van der Waals surface area contributed by atoms with Crippen molar-refractivity contribution < 1.29 is 10.2 Å². The first kappa shape index (κ1) is 25.6. The van der Waals surface area contributed by atoms with Gasteiger partial charge in [-0.05, 0) is 0 Å². The van der Waals surface area contributed by atoms with E-state index in [0.29, 0.717) is 0 Å². The third kappa shape index (κ3) is 412. The van der Waals surface area contributed by atoms with Crippen LogP contribution in [0.5, 0.6) is 0 Å². The fourth-order valence-electron chi connectivity index (χ4n) is 0. The molecule has 7 heteroatoms. The van der Waals surface area contributed by atoms with Crippen LogP contribution in [0.2, 0.25) is 0 Å². The molecule has 0 aliphatic rings. The van der Waals surface area contributed by atoms with Crippen molar-refractivity contribution in [2.75, 3.05) is 0 Å². The summed E-state index contributed by atoms with van der Waals surface area (Å²) in [6.07, 6.45) is 0. The molecule has 0 rings (SSSR count). The van der Waals surface area contributed by atoms with Crippen LogP contribution < -0.4 is 28.6 Å². The van der Waals surface area contributed by atoms with Crippen LogP contribution in [0.1, 0.15) is 0 Å². The molecule has 0 saturated heterocycles. The van der Waals surface area contributed by atoms with E-state index in [9.17, 15) is 0 Å². The topological polar surface area (TPSA) is 179 Å². The Bertz CT molecular complexity index is 14.9. The molecule has 7 heavy (non-hydrogen) atoms. The predicted octanol–water partition coefficient (Wildman–Crippen LogP) is -2.82. The fourth-order valence-corrected chi connectivity index (χ4v) is 0. The molecular formula is H12N3O3Sb. The van der Waals surface area contributed by atoms with Gasteiger partial charge in [0.15, 0.2) is 0 Å². The second kappa shape index (κ2) is 16.0. The Labute approximate surface area is 50.6 Å². The summed E-state index contributed by atoms with van der Waals surface area (Å²) in [6.45, 7) is 0. The van der Waals surface area contributed by atoms with Crippen LogP contribution >= 0.6 is 0 Å². The summed E-state index contributed by atoms with van der Waals surface area (Å²) in [6, 6.07) is 0. The van der Waals surface area contributed by atoms with Crippen LogP contribution in [-0.2, 0) is 0 Å². The van der Waals surface area contributed by atoms with E-state index in [0.717, 1.165) is 0 Å². The number of hydrogen-bond acceptors (Lipinski definition) is 3. The quantitative estimate of drug-likeness (QED) is 0.376. The van der Waals surface area contributed by atoms with Gasteiger partial charge < -0.3 is 18.5 Å². The van der Waals surface area contributed by atoms with E-state index < -0.39 is 21.5 Å². The van der Waals surface area contributed by atoms with Crippen molar-refractivity contribution in [3.8, 4) is 0 Å². The standard InChI is InChI=1S/3H3N.3O.Sb/h3*1H3;;;;/q;;;3*-1;/p+3. The molecule has 0 aromatic carbocycles. The van der Waals surface area contributed by atoms with E-state index in [-0.39, 0.29) is 18.5 Å². The van der Waals surface area contributed by atoms with Gasteiger partial charge in [-0.2, -0.15) is 0 Å². The van der Waals surface area contributed by atoms with E-state index in [1.807, 2.05) is 0 Å². The van der Waals surface area contributed by atoms with Gasteiger partial charge in [-0.3, -0.25) is 0 Å². The average Bonchev–Trinajstić information content (AvgIpc) is 0.811. The molecule has 12 N–H and O–H groups in total. The van der Waals surface area contributed by atoms with Crippen LogP contribution in [0.4, 0.5) is 0 Å². The monoisotopic (exact) mass is 223 g/mol. The van der Waals surface area contributed by atoms with Crippen molar-refractivity contribution in [3.05, 3.63) is 0 Å². The van der Waals surface area contributed by atoms with Crippen molar-refractivity contribution in [2.45, 2.75) is 0 Å². The van der Waals surface area contributed by atoms with Crippen molar-refractivity contribution in [3.63, 3.8) is 0 Å². The van der Waals surface area contributed by atoms with Crippen molar-refractivity contribution >= 4 is 21.5 Å². The Kier molecular flexibility index (Phi) is 58.5. The normalized spacial score (nSPS) is 5.14. The summed E-state index contributed by atoms with van der Waals surface area (Å²) in [5.74, 6) is 0. The molecule has 6 nitrogen and oxygen atoms in total. The zero-order chi connectivity index (χ0) is 3.58. The Morgan fingerprint density at radius 1 is 0.714 bits per heavy atom. The van der Waals surface area contributed by atoms with Gasteiger partial charge in [-0.25, -0.2) is 0 Å². The zero-order valence-corrected chi connectivity index (χ0v) is 7.22. The summed E-state index contributed by atoms with van der Waals surface area (Å²) in [5.41, 5.74) is 0. The third-order valence-electron chi connectivity index (χ3n) is 0. The molecule has 0 aromatic heterocycles. The summed E-state index contributed by atoms with van der Waals surface area (Å²) < 4.78 is 25.8. The molecule has 0 amide bonds. The molecule has 0 aromatic rings. The molecular weight excluding hydrogens is 212 g/mol. The van der Waals surface area contributed by atoms with Gasteiger partial charge in [0.1, 0.15) is 0 Å². The molecule has 0 bridgehead atoms. The summed E-state index contributed by atoms with van der Waals surface area (Å²) >= 11 is -4.20. The minimum atomic E-state index is -4.20. The van der Waals surface area contributed by atoms with Crippen LogP contribution in [-0.4, -0.2) is 21.5 Å². The van der Waals surface area contributed by atoms with Crippen molar-refractivity contribution in [1.82, 2.24) is 18.5 Å². The average molecular weight is 224 g/mol. The number of rotatable bonds is 0. The molecule has 0 heterocycles. The van der Waals surface area contributed by atoms with Gasteiger partial charge in [0.2, 0.25) is 0 Å². The Balaban J connectivity index is -0.0000000150. The number of hydrogen-bond donors (Lipinski definition) is 3. The predicted molar refractivity (Wildman–Crippen MR) is 23.7 cm³/mol. The van der Waals surface area contributed by atoms with Crippen molar-refractivity contribution in [1.29, 1.82) is 0 Å². The molecule has 0 atom stereocenters. The molecule has 0 aliphatic heterocycles. The summed E-state index contributed by atoms with van der Waals surface area (Å²) in [4.78, 5) is 0. The Morgan fingerprint density at radius 3 is 0.714 bits per heavy atom. The molecule has 0 unspecified atom stereocenters. The SMILES string of the molecule is [NH4+].[NH4+].[NH4+].[O-][Sb]([O-])[O-]. The molecule has 0 aliphatic carbocycles. The first-order chi connectivity index (χ1) is 1.73. The third-order valence-corrected chi connectivity index (χ3v) is 0. The van der Waals surface area contributed by atoms with Crippen molar-refractivity contribution in [2.24, 2.45) is 0 Å². The first-order valence-corrected chi connectivity index (χ1v) is 3.67. The maximum atomic E-state index is 8.60. The van der Waals surface area contributed by atoms with E-state index in [4.69, 9.17) is 10.2 Å². The van der Waals surface area contributed by atoms with Crippen LogP contribution in [0, 0.1) is 0 Å². The zero-order valence-electron chi connectivity index (χ0n) is 4.67. The maximum absolute atomic E-state index is 8.60. The molecule has 0 spiro atoms. The van der Waals surface area contributed by atoms with Crippen LogP contribution in [0.15, 0.2) is 0 Å².